The summed E-state index contributed by atoms with van der Waals surface area (Å²) < 4.78 is 1.38. The van der Waals surface area contributed by atoms with E-state index in [-0.39, 0.29) is 22.3 Å². The maximum atomic E-state index is 11.9. The van der Waals surface area contributed by atoms with Crippen LogP contribution in [0.15, 0.2) is 39.9 Å². The number of nitrogen functional groups attached to an aromatic ring is 1. The van der Waals surface area contributed by atoms with E-state index in [1.807, 2.05) is 0 Å². The summed E-state index contributed by atoms with van der Waals surface area (Å²) in [6, 6.07) is 4.55. The van der Waals surface area contributed by atoms with Gasteiger partial charge < -0.3 is 9.99 Å². The largest absolute Gasteiger partial charge is 0.308 e. The summed E-state index contributed by atoms with van der Waals surface area (Å²) in [5, 5.41) is 10.8. The number of aromatic nitrogens is 2. The number of hydrogen-bond donors (Lipinski definition) is 2. The van der Waals surface area contributed by atoms with Gasteiger partial charge in [0.25, 0.3) is 11.2 Å². The normalized spacial score (nSPS) is 10.3. The summed E-state index contributed by atoms with van der Waals surface area (Å²) in [4.78, 5) is 26.1. The van der Waals surface area contributed by atoms with Crippen LogP contribution < -0.4 is 16.8 Å². The Morgan fingerprint density at radius 2 is 2.25 bits per heavy atom. The Hall–Kier alpha value is -2.26. The van der Waals surface area contributed by atoms with Crippen LogP contribution in [0.2, 0.25) is 0 Å². The molecule has 0 spiro atoms. The van der Waals surface area contributed by atoms with Crippen LogP contribution in [0.4, 0.5) is 11.5 Å². The van der Waals surface area contributed by atoms with Crippen LogP contribution in [-0.2, 0) is 6.54 Å². The van der Waals surface area contributed by atoms with Gasteiger partial charge in [-0.2, -0.15) is 0 Å². The standard InChI is InChI=1S/C11H10BrN5O3/c12-9-3-8(17(19)20)6-16(11(9)18)5-7-1-2-10(15-13)14-4-7/h1-4,6H,5,13H2,(H,14,15). The molecule has 3 N–H and O–H groups in total. The van der Waals surface area contributed by atoms with E-state index >= 15 is 0 Å². The monoisotopic (exact) mass is 339 g/mol. The third-order valence-corrected chi connectivity index (χ3v) is 3.13. The number of anilines is 1. The van der Waals surface area contributed by atoms with Crippen LogP contribution in [-0.4, -0.2) is 14.5 Å². The highest BCUT2D eigenvalue weighted by atomic mass is 79.9. The quantitative estimate of drug-likeness (QED) is 0.492. The van der Waals surface area contributed by atoms with Crippen LogP contribution in [0.1, 0.15) is 5.56 Å². The Morgan fingerprint density at radius 3 is 2.80 bits per heavy atom. The van der Waals surface area contributed by atoms with E-state index in [9.17, 15) is 14.9 Å². The predicted molar refractivity (Wildman–Crippen MR) is 76.2 cm³/mol. The van der Waals surface area contributed by atoms with E-state index in [4.69, 9.17) is 5.84 Å². The molecule has 0 unspecified atom stereocenters. The van der Waals surface area contributed by atoms with Gasteiger partial charge in [0.2, 0.25) is 0 Å². The van der Waals surface area contributed by atoms with E-state index in [2.05, 4.69) is 26.3 Å². The Morgan fingerprint density at radius 1 is 1.50 bits per heavy atom. The van der Waals surface area contributed by atoms with Crippen LogP contribution >= 0.6 is 15.9 Å². The Labute approximate surface area is 121 Å². The molecule has 0 saturated carbocycles. The number of hydrazine groups is 1. The fourth-order valence-corrected chi connectivity index (χ4v) is 2.06. The zero-order valence-electron chi connectivity index (χ0n) is 10.1. The summed E-state index contributed by atoms with van der Waals surface area (Å²) in [5.41, 5.74) is 2.59. The average Bonchev–Trinajstić information content (AvgIpc) is 2.44. The first-order chi connectivity index (χ1) is 9.51. The van der Waals surface area contributed by atoms with Gasteiger partial charge in [-0.3, -0.25) is 14.9 Å². The van der Waals surface area contributed by atoms with Gasteiger partial charge >= 0.3 is 0 Å². The molecular weight excluding hydrogens is 330 g/mol. The number of halogens is 1. The molecule has 0 atom stereocenters. The predicted octanol–water partition coefficient (Wildman–Crippen LogP) is 1.25. The third-order valence-electron chi connectivity index (χ3n) is 2.56. The lowest BCUT2D eigenvalue weighted by molar-refractivity contribution is -0.385. The van der Waals surface area contributed by atoms with Crippen LogP contribution in [0.3, 0.4) is 0 Å². The summed E-state index contributed by atoms with van der Waals surface area (Å²) in [6.45, 7) is 0.178. The van der Waals surface area contributed by atoms with Gasteiger partial charge in [0.1, 0.15) is 5.82 Å². The summed E-state index contributed by atoms with van der Waals surface area (Å²) in [6.07, 6.45) is 2.73. The first-order valence-electron chi connectivity index (χ1n) is 5.47. The van der Waals surface area contributed by atoms with Crippen LogP contribution in [0.25, 0.3) is 0 Å². The molecule has 2 aromatic rings. The minimum absolute atomic E-state index is 0.139. The van der Waals surface area contributed by atoms with Crippen molar-refractivity contribution in [3.63, 3.8) is 0 Å². The van der Waals surface area contributed by atoms with Crippen molar-refractivity contribution in [3.8, 4) is 0 Å². The zero-order valence-corrected chi connectivity index (χ0v) is 11.7. The molecule has 0 bridgehead atoms. The van der Waals surface area contributed by atoms with Crippen molar-refractivity contribution in [1.82, 2.24) is 9.55 Å². The minimum atomic E-state index is -0.555. The Kier molecular flexibility index (Phi) is 4.11. The molecule has 104 valence electrons. The molecule has 2 heterocycles. The molecule has 2 aromatic heterocycles. The van der Waals surface area contributed by atoms with Crippen molar-refractivity contribution in [2.45, 2.75) is 6.54 Å². The highest BCUT2D eigenvalue weighted by molar-refractivity contribution is 9.10. The van der Waals surface area contributed by atoms with Crippen LogP contribution in [0, 0.1) is 10.1 Å². The third kappa shape index (κ3) is 3.00. The van der Waals surface area contributed by atoms with Gasteiger partial charge in [0.15, 0.2) is 0 Å². The molecule has 20 heavy (non-hydrogen) atoms. The molecule has 0 aromatic carbocycles. The van der Waals surface area contributed by atoms with E-state index in [1.54, 1.807) is 12.1 Å². The second kappa shape index (κ2) is 5.80. The minimum Gasteiger partial charge on any atom is -0.308 e. The lowest BCUT2D eigenvalue weighted by Gasteiger charge is -2.07. The second-order valence-corrected chi connectivity index (χ2v) is 4.79. The van der Waals surface area contributed by atoms with Gasteiger partial charge in [-0.05, 0) is 27.6 Å². The molecule has 9 heteroatoms. The van der Waals surface area contributed by atoms with Gasteiger partial charge in [-0.25, -0.2) is 10.8 Å². The highest BCUT2D eigenvalue weighted by Crippen LogP contribution is 2.15. The fraction of sp³-hybridized carbons (Fsp3) is 0.0909. The smallest absolute Gasteiger partial charge is 0.286 e. The van der Waals surface area contributed by atoms with E-state index in [1.165, 1.54) is 23.0 Å². The fourth-order valence-electron chi connectivity index (χ4n) is 1.60. The molecule has 8 nitrogen and oxygen atoms in total. The lowest BCUT2D eigenvalue weighted by atomic mass is 10.2. The van der Waals surface area contributed by atoms with Gasteiger partial charge in [-0.1, -0.05) is 6.07 Å². The molecule has 0 aliphatic carbocycles. The first kappa shape index (κ1) is 14.2. The van der Waals surface area contributed by atoms with Crippen molar-refractivity contribution < 1.29 is 4.92 Å². The number of nitro groups is 1. The number of nitrogens with zero attached hydrogens (tertiary/aromatic N) is 3. The Balaban J connectivity index is 2.36. The molecular formula is C11H10BrN5O3. The number of rotatable bonds is 4. The molecule has 0 saturated heterocycles. The molecule has 0 aliphatic heterocycles. The summed E-state index contributed by atoms with van der Waals surface area (Å²) >= 11 is 3.02. The van der Waals surface area contributed by atoms with E-state index in [0.717, 1.165) is 5.56 Å². The van der Waals surface area contributed by atoms with Crippen LogP contribution in [0.5, 0.6) is 0 Å². The number of pyridine rings is 2. The number of nitrogens with two attached hydrogens (primary N) is 1. The maximum absolute atomic E-state index is 11.9. The van der Waals surface area contributed by atoms with Gasteiger partial charge in [-0.15, -0.1) is 0 Å². The van der Waals surface area contributed by atoms with Crippen molar-refractivity contribution in [2.75, 3.05) is 5.43 Å². The molecule has 0 aliphatic rings. The Bertz CT molecular complexity index is 698. The maximum Gasteiger partial charge on any atom is 0.286 e. The second-order valence-electron chi connectivity index (χ2n) is 3.93. The van der Waals surface area contributed by atoms with Gasteiger partial charge in [0, 0.05) is 12.3 Å². The lowest BCUT2D eigenvalue weighted by Crippen LogP contribution is -2.21. The highest BCUT2D eigenvalue weighted by Gasteiger charge is 2.12. The topological polar surface area (TPSA) is 116 Å². The zero-order chi connectivity index (χ0) is 14.7. The van der Waals surface area contributed by atoms with E-state index in [0.29, 0.717) is 5.82 Å². The summed E-state index contributed by atoms with van der Waals surface area (Å²) in [7, 11) is 0. The molecule has 2 rings (SSSR count). The molecule has 0 fully saturated rings. The van der Waals surface area contributed by atoms with Crippen molar-refractivity contribution >= 4 is 27.4 Å². The number of nitrogens with one attached hydrogen (secondary N) is 1. The first-order valence-corrected chi connectivity index (χ1v) is 6.26. The summed E-state index contributed by atoms with van der Waals surface area (Å²) in [5.74, 6) is 5.69. The van der Waals surface area contributed by atoms with Crippen molar-refractivity contribution in [2.24, 2.45) is 5.84 Å². The van der Waals surface area contributed by atoms with Crippen molar-refractivity contribution in [1.29, 1.82) is 0 Å². The van der Waals surface area contributed by atoms with Gasteiger partial charge in [0.05, 0.1) is 22.1 Å². The average molecular weight is 340 g/mol. The van der Waals surface area contributed by atoms with E-state index < -0.39 is 4.92 Å². The van der Waals surface area contributed by atoms with Crippen molar-refractivity contribution in [3.05, 3.63) is 61.1 Å². The molecule has 0 amide bonds. The molecule has 0 radical (unpaired) electrons. The number of hydrogen-bond acceptors (Lipinski definition) is 6. The SMILES string of the molecule is NNc1ccc(Cn2cc([N+](=O)[O-])cc(Br)c2=O)cn1.